The van der Waals surface area contributed by atoms with Crippen molar-refractivity contribution in [3.05, 3.63) is 42.5 Å². The summed E-state index contributed by atoms with van der Waals surface area (Å²) < 4.78 is 11.4. The number of carbonyl (C=O) groups is 1. The van der Waals surface area contributed by atoms with Crippen LogP contribution >= 0.6 is 0 Å². The first-order chi connectivity index (χ1) is 11.8. The fraction of sp³-hybridized carbons (Fsp3) is 0.316. The summed E-state index contributed by atoms with van der Waals surface area (Å²) in [5.74, 6) is 0.815. The molecule has 1 aliphatic heterocycles. The smallest absolute Gasteiger partial charge is 0.410 e. The van der Waals surface area contributed by atoms with E-state index in [0.29, 0.717) is 13.2 Å². The zero-order chi connectivity index (χ0) is 16.5. The number of amides is 1. The van der Waals surface area contributed by atoms with Gasteiger partial charge in [-0.05, 0) is 24.6 Å². The van der Waals surface area contributed by atoms with Crippen molar-refractivity contribution in [1.29, 1.82) is 0 Å². The molecule has 1 atom stereocenters. The molecule has 1 aromatic heterocycles. The first-order valence-corrected chi connectivity index (χ1v) is 8.34. The lowest BCUT2D eigenvalue weighted by molar-refractivity contribution is 0.103. The van der Waals surface area contributed by atoms with E-state index in [1.54, 1.807) is 4.90 Å². The Morgan fingerprint density at radius 3 is 2.92 bits per heavy atom. The minimum Gasteiger partial charge on any atom is -0.489 e. The zero-order valence-electron chi connectivity index (χ0n) is 13.6. The number of para-hydroxylation sites is 1. The molecule has 1 saturated heterocycles. The molecule has 24 heavy (non-hydrogen) atoms. The van der Waals surface area contributed by atoms with Crippen LogP contribution in [0.5, 0.6) is 5.75 Å². The molecule has 1 unspecified atom stereocenters. The van der Waals surface area contributed by atoms with Crippen LogP contribution in [0, 0.1) is 0 Å². The highest BCUT2D eigenvalue weighted by molar-refractivity contribution is 6.10. The Labute approximate surface area is 140 Å². The van der Waals surface area contributed by atoms with Gasteiger partial charge in [0.25, 0.3) is 0 Å². The minimum atomic E-state index is -0.240. The Hall–Kier alpha value is -2.69. The second kappa shape index (κ2) is 6.07. The number of carbonyl (C=O) groups excluding carboxylic acids is 1. The molecular formula is C19H20N2O3. The van der Waals surface area contributed by atoms with Crippen molar-refractivity contribution in [2.45, 2.75) is 19.4 Å². The Morgan fingerprint density at radius 2 is 2.04 bits per heavy atom. The van der Waals surface area contributed by atoms with Gasteiger partial charge in [0.05, 0.1) is 12.1 Å². The molecule has 0 bridgehead atoms. The van der Waals surface area contributed by atoms with Crippen LogP contribution in [-0.2, 0) is 4.74 Å². The highest BCUT2D eigenvalue weighted by atomic mass is 16.6. The maximum Gasteiger partial charge on any atom is 0.410 e. The minimum absolute atomic E-state index is 0.218. The topological polar surface area (TPSA) is 54.6 Å². The normalized spacial score (nSPS) is 17.6. The average Bonchev–Trinajstić information content (AvgIpc) is 3.14. The number of nitrogens with one attached hydrogen (secondary N) is 1. The molecule has 0 radical (unpaired) electrons. The molecule has 1 aliphatic rings. The molecule has 0 spiro atoms. The van der Waals surface area contributed by atoms with Gasteiger partial charge in [0.2, 0.25) is 0 Å². The lowest BCUT2D eigenvalue weighted by Gasteiger charge is -2.12. The van der Waals surface area contributed by atoms with Gasteiger partial charge in [-0.3, -0.25) is 0 Å². The van der Waals surface area contributed by atoms with E-state index in [1.807, 2.05) is 30.3 Å². The van der Waals surface area contributed by atoms with E-state index in [4.69, 9.17) is 9.47 Å². The monoisotopic (exact) mass is 324 g/mol. The second-order valence-electron chi connectivity index (χ2n) is 6.11. The van der Waals surface area contributed by atoms with Crippen molar-refractivity contribution in [3.8, 4) is 5.75 Å². The summed E-state index contributed by atoms with van der Waals surface area (Å²) in [6.45, 7) is 3.74. The molecule has 124 valence electrons. The highest BCUT2D eigenvalue weighted by Gasteiger charge is 2.31. The first-order valence-electron chi connectivity index (χ1n) is 8.34. The quantitative estimate of drug-likeness (QED) is 0.773. The van der Waals surface area contributed by atoms with Crippen molar-refractivity contribution in [3.63, 3.8) is 0 Å². The number of aromatic amines is 1. The maximum atomic E-state index is 11.8. The van der Waals surface area contributed by atoms with Gasteiger partial charge in [-0.15, -0.1) is 0 Å². The fourth-order valence-corrected chi connectivity index (χ4v) is 3.29. The molecule has 0 aliphatic carbocycles. The van der Waals surface area contributed by atoms with Crippen LogP contribution < -0.4 is 4.74 Å². The molecule has 0 saturated carbocycles. The summed E-state index contributed by atoms with van der Waals surface area (Å²) in [4.78, 5) is 16.9. The second-order valence-corrected chi connectivity index (χ2v) is 6.11. The molecule has 4 rings (SSSR count). The van der Waals surface area contributed by atoms with Gasteiger partial charge in [-0.25, -0.2) is 4.79 Å². The molecule has 1 fully saturated rings. The molecule has 1 N–H and O–H groups in total. The molecule has 5 heteroatoms. The van der Waals surface area contributed by atoms with Gasteiger partial charge in [0.1, 0.15) is 12.4 Å². The van der Waals surface area contributed by atoms with Crippen molar-refractivity contribution in [2.24, 2.45) is 0 Å². The molecule has 2 heterocycles. The van der Waals surface area contributed by atoms with E-state index in [9.17, 15) is 4.79 Å². The Bertz CT molecular complexity index is 887. The summed E-state index contributed by atoms with van der Waals surface area (Å²) in [5, 5.41) is 2.21. The number of hydrogen-bond donors (Lipinski definition) is 1. The van der Waals surface area contributed by atoms with Crippen LogP contribution in [0.3, 0.4) is 0 Å². The van der Waals surface area contributed by atoms with Gasteiger partial charge in [-0.1, -0.05) is 31.2 Å². The predicted molar refractivity (Wildman–Crippen MR) is 93.4 cm³/mol. The van der Waals surface area contributed by atoms with Crippen LogP contribution in [0.25, 0.3) is 21.8 Å². The van der Waals surface area contributed by atoms with E-state index in [1.165, 1.54) is 0 Å². The van der Waals surface area contributed by atoms with E-state index in [2.05, 4.69) is 24.0 Å². The Balaban J connectivity index is 1.56. The number of H-pyrrole nitrogens is 1. The predicted octanol–water partition coefficient (Wildman–Crippen LogP) is 3.93. The number of ether oxygens (including phenoxy) is 2. The van der Waals surface area contributed by atoms with E-state index >= 15 is 0 Å². The Morgan fingerprint density at radius 1 is 1.21 bits per heavy atom. The molecule has 3 aromatic rings. The summed E-state index contributed by atoms with van der Waals surface area (Å²) >= 11 is 0. The average molecular weight is 324 g/mol. The van der Waals surface area contributed by atoms with Crippen molar-refractivity contribution >= 4 is 27.9 Å². The van der Waals surface area contributed by atoms with Crippen LogP contribution in [-0.4, -0.2) is 41.8 Å². The molecule has 5 nitrogen and oxygen atoms in total. The van der Waals surface area contributed by atoms with Gasteiger partial charge >= 0.3 is 6.09 Å². The van der Waals surface area contributed by atoms with Crippen LogP contribution in [0.15, 0.2) is 42.5 Å². The number of aromatic nitrogens is 1. The fourth-order valence-electron chi connectivity index (χ4n) is 3.29. The number of fused-ring (bicyclic) bond motifs is 3. The van der Waals surface area contributed by atoms with Crippen molar-refractivity contribution in [1.82, 2.24) is 9.88 Å². The standard InChI is InChI=1S/C19H20N2O3/c1-2-10-21-11-13(24-19(21)22)12-23-17-9-5-8-16-18(17)14-6-3-4-7-15(14)20-16/h3-9,13,20H,2,10-12H2,1H3. The largest absolute Gasteiger partial charge is 0.489 e. The summed E-state index contributed by atoms with van der Waals surface area (Å²) in [7, 11) is 0. The van der Waals surface area contributed by atoms with E-state index in [0.717, 1.165) is 40.5 Å². The molecule has 1 amide bonds. The number of hydrogen-bond acceptors (Lipinski definition) is 3. The lowest BCUT2D eigenvalue weighted by Crippen LogP contribution is -2.27. The number of nitrogens with zero attached hydrogens (tertiary/aromatic N) is 1. The van der Waals surface area contributed by atoms with E-state index in [-0.39, 0.29) is 12.2 Å². The molecular weight excluding hydrogens is 304 g/mol. The van der Waals surface area contributed by atoms with Crippen LogP contribution in [0.1, 0.15) is 13.3 Å². The maximum absolute atomic E-state index is 11.8. The zero-order valence-corrected chi connectivity index (χ0v) is 13.6. The van der Waals surface area contributed by atoms with Gasteiger partial charge in [-0.2, -0.15) is 0 Å². The summed E-state index contributed by atoms with van der Waals surface area (Å²) in [6.07, 6.45) is 0.470. The van der Waals surface area contributed by atoms with Crippen LogP contribution in [0.4, 0.5) is 4.79 Å². The third-order valence-corrected chi connectivity index (χ3v) is 4.36. The Kier molecular flexibility index (Phi) is 3.76. The van der Waals surface area contributed by atoms with Gasteiger partial charge in [0.15, 0.2) is 6.10 Å². The summed E-state index contributed by atoms with van der Waals surface area (Å²) in [6, 6.07) is 14.1. The number of benzene rings is 2. The number of cyclic esters (lactones) is 1. The highest BCUT2D eigenvalue weighted by Crippen LogP contribution is 2.33. The first kappa shape index (κ1) is 14.9. The van der Waals surface area contributed by atoms with Gasteiger partial charge < -0.3 is 19.4 Å². The van der Waals surface area contributed by atoms with Crippen LogP contribution in [0.2, 0.25) is 0 Å². The lowest BCUT2D eigenvalue weighted by atomic mass is 10.1. The SMILES string of the molecule is CCCN1CC(COc2cccc3[nH]c4ccccc4c23)OC1=O. The van der Waals surface area contributed by atoms with Gasteiger partial charge in [0, 0.05) is 22.8 Å². The third kappa shape index (κ3) is 2.56. The summed E-state index contributed by atoms with van der Waals surface area (Å²) in [5.41, 5.74) is 2.13. The number of rotatable bonds is 5. The van der Waals surface area contributed by atoms with E-state index < -0.39 is 0 Å². The van der Waals surface area contributed by atoms with Crippen molar-refractivity contribution in [2.75, 3.05) is 19.7 Å². The molecule has 2 aromatic carbocycles. The third-order valence-electron chi connectivity index (χ3n) is 4.36. The van der Waals surface area contributed by atoms with Crippen molar-refractivity contribution < 1.29 is 14.3 Å².